The van der Waals surface area contributed by atoms with Crippen molar-refractivity contribution in [3.63, 3.8) is 0 Å². The zero-order valence-electron chi connectivity index (χ0n) is 53.7. The lowest BCUT2D eigenvalue weighted by Crippen LogP contribution is -2.18. The Bertz CT molecular complexity index is 4760. The first kappa shape index (κ1) is 55.7. The van der Waals surface area contributed by atoms with Crippen LogP contribution in [0.3, 0.4) is 0 Å². The molecule has 87 heavy (non-hydrogen) atoms. The molecule has 0 bridgehead atoms. The van der Waals surface area contributed by atoms with E-state index in [1.807, 2.05) is 0 Å². The van der Waals surface area contributed by atoms with E-state index in [1.54, 1.807) is 0 Å². The average molecular weight is 1130 g/mol. The summed E-state index contributed by atoms with van der Waals surface area (Å²) in [4.78, 5) is 7.48. The predicted octanol–water partition coefficient (Wildman–Crippen LogP) is 23.9. The Hall–Kier alpha value is -9.18. The molecule has 0 fully saturated rings. The smallest absolute Gasteiger partial charge is 0.0543 e. The van der Waals surface area contributed by atoms with Gasteiger partial charge in [-0.2, -0.15) is 0 Å². The number of hydrogen-bond donors (Lipinski definition) is 0. The molecule has 0 saturated heterocycles. The van der Waals surface area contributed by atoms with Crippen LogP contribution in [0.5, 0.6) is 0 Å². The van der Waals surface area contributed by atoms with Crippen LogP contribution < -0.4 is 14.7 Å². The summed E-state index contributed by atoms with van der Waals surface area (Å²) in [6.07, 6.45) is 0. The predicted molar refractivity (Wildman–Crippen MR) is 375 cm³/mol. The number of rotatable bonds is 9. The molecule has 0 amide bonds. The Morgan fingerprint density at radius 3 is 0.954 bits per heavy atom. The largest absolute Gasteiger partial charge is 0.310 e. The topological polar surface area (TPSA) is 9.72 Å². The van der Waals surface area contributed by atoms with Gasteiger partial charge in [0.05, 0.1) is 5.69 Å². The van der Waals surface area contributed by atoms with Gasteiger partial charge in [0.15, 0.2) is 0 Å². The van der Waals surface area contributed by atoms with E-state index in [-0.39, 0.29) is 5.41 Å². The molecule has 0 saturated carbocycles. The van der Waals surface area contributed by atoms with Gasteiger partial charge in [0.2, 0.25) is 0 Å². The van der Waals surface area contributed by atoms with Gasteiger partial charge < -0.3 is 14.7 Å². The molecule has 12 aromatic rings. The molecule has 12 aromatic carbocycles. The lowest BCUT2D eigenvalue weighted by molar-refractivity contribution is 0.654. The summed E-state index contributed by atoms with van der Waals surface area (Å²) in [6.45, 7) is 36.6. The Morgan fingerprint density at radius 1 is 0.230 bits per heavy atom. The molecule has 0 aliphatic heterocycles. The number of nitrogens with zero attached hydrogens (tertiary/aromatic N) is 3. The standard InChI is InChI=1S/C84H79N3/c1-48-21-27-60(37-54(48)7)85(61-28-22-49(2)55(8)38-61)66-33-35-68-69-36-34-67(86(62-29-23-50(3)56(9)39-62)63-30-24-51(4)57(10)40-63)44-73(69)82-81(72(68)43-66)75-46-76-74(45-77(75)84(82,15)16)80-71-20-18-17-19-70(71)79(47-78(80)83(76,13)14)87(64-31-25-52(5)58(11)41-64)65-32-26-53(6)59(12)42-65/h17-47H,1-16H3. The Labute approximate surface area is 516 Å². The van der Waals surface area contributed by atoms with Crippen LogP contribution in [0.2, 0.25) is 0 Å². The fourth-order valence-corrected chi connectivity index (χ4v) is 14.6. The van der Waals surface area contributed by atoms with Crippen molar-refractivity contribution in [1.82, 2.24) is 0 Å². The molecule has 14 rings (SSSR count). The SMILES string of the molecule is Cc1ccc(N(c2ccc(C)c(C)c2)c2ccc3c(c2)c2c(c4cc(N(c5ccc(C)c(C)c5)c5ccc(C)c(C)c5)ccc43)C(C)(C)c3cc4c(cc3-2)C(C)(C)c2cc(N(c3ccc(C)c(C)c3)c3ccc(C)c(C)c3)c3ccccc3c2-4)cc1C. The van der Waals surface area contributed by atoms with E-state index >= 15 is 0 Å². The highest BCUT2D eigenvalue weighted by Gasteiger charge is 2.45. The van der Waals surface area contributed by atoms with Gasteiger partial charge in [0.25, 0.3) is 0 Å². The van der Waals surface area contributed by atoms with Crippen LogP contribution >= 0.6 is 0 Å². The highest BCUT2D eigenvalue weighted by atomic mass is 15.2. The molecule has 2 aliphatic rings. The van der Waals surface area contributed by atoms with Gasteiger partial charge in [0, 0.05) is 61.7 Å². The maximum atomic E-state index is 2.64. The molecule has 430 valence electrons. The zero-order valence-corrected chi connectivity index (χ0v) is 53.7. The first-order valence-corrected chi connectivity index (χ1v) is 31.2. The number of anilines is 9. The third kappa shape index (κ3) is 8.74. The maximum Gasteiger partial charge on any atom is 0.0543 e. The molecule has 0 heterocycles. The number of aryl methyl sites for hydroxylation is 12. The van der Waals surface area contributed by atoms with Crippen molar-refractivity contribution in [2.45, 2.75) is 122 Å². The van der Waals surface area contributed by atoms with Crippen LogP contribution in [0, 0.1) is 83.1 Å². The molecule has 3 heteroatoms. The first-order chi connectivity index (χ1) is 41.6. The minimum Gasteiger partial charge on any atom is -0.310 e. The van der Waals surface area contributed by atoms with Crippen LogP contribution in [0.25, 0.3) is 54.6 Å². The third-order valence-electron chi connectivity index (χ3n) is 20.7. The fraction of sp³-hybridized carbons (Fsp3) is 0.214. The molecule has 0 spiro atoms. The monoisotopic (exact) mass is 1130 g/mol. The molecular weight excluding hydrogens is 1050 g/mol. The zero-order chi connectivity index (χ0) is 60.9. The summed E-state index contributed by atoms with van der Waals surface area (Å²) < 4.78 is 0. The van der Waals surface area contributed by atoms with E-state index in [4.69, 9.17) is 0 Å². The second kappa shape index (κ2) is 20.2. The number of hydrogen-bond acceptors (Lipinski definition) is 3. The Kier molecular flexibility index (Phi) is 12.9. The molecular formula is C84H79N3. The van der Waals surface area contributed by atoms with Gasteiger partial charge in [-0.05, 0) is 337 Å². The molecule has 0 N–H and O–H groups in total. The van der Waals surface area contributed by atoms with E-state index in [0.29, 0.717) is 0 Å². The van der Waals surface area contributed by atoms with E-state index in [0.717, 1.165) is 34.1 Å². The summed E-state index contributed by atoms with van der Waals surface area (Å²) in [5.41, 5.74) is 35.9. The molecule has 2 aliphatic carbocycles. The number of fused-ring (bicyclic) bond motifs is 13. The van der Waals surface area contributed by atoms with Crippen molar-refractivity contribution in [3.8, 4) is 22.3 Å². The molecule has 0 radical (unpaired) electrons. The van der Waals surface area contributed by atoms with E-state index in [1.165, 1.54) is 161 Å². The summed E-state index contributed by atoms with van der Waals surface area (Å²) in [7, 11) is 0. The van der Waals surface area contributed by atoms with E-state index in [2.05, 4.69) is 314 Å². The summed E-state index contributed by atoms with van der Waals surface area (Å²) in [5, 5.41) is 7.59. The second-order valence-corrected chi connectivity index (χ2v) is 26.9. The van der Waals surface area contributed by atoms with E-state index in [9.17, 15) is 0 Å². The quantitative estimate of drug-likeness (QED) is 0.133. The Balaban J connectivity index is 1.05. The van der Waals surface area contributed by atoms with Crippen LogP contribution in [-0.2, 0) is 10.8 Å². The van der Waals surface area contributed by atoms with Gasteiger partial charge >= 0.3 is 0 Å². The van der Waals surface area contributed by atoms with Crippen LogP contribution in [0.15, 0.2) is 188 Å². The highest BCUT2D eigenvalue weighted by molar-refractivity contribution is 6.20. The summed E-state index contributed by atoms with van der Waals surface area (Å²) in [6, 6.07) is 73.3. The minimum atomic E-state index is -0.402. The highest BCUT2D eigenvalue weighted by Crippen LogP contribution is 2.62. The van der Waals surface area contributed by atoms with E-state index < -0.39 is 5.41 Å². The number of benzene rings is 12. The van der Waals surface area contributed by atoms with Crippen molar-refractivity contribution >= 4 is 83.5 Å². The van der Waals surface area contributed by atoms with Crippen molar-refractivity contribution in [2.24, 2.45) is 0 Å². The van der Waals surface area contributed by atoms with Crippen molar-refractivity contribution in [2.75, 3.05) is 14.7 Å². The molecule has 0 unspecified atom stereocenters. The normalized spacial score (nSPS) is 13.5. The van der Waals surface area contributed by atoms with Crippen molar-refractivity contribution in [3.05, 3.63) is 277 Å². The van der Waals surface area contributed by atoms with Crippen LogP contribution in [0.4, 0.5) is 51.2 Å². The summed E-state index contributed by atoms with van der Waals surface area (Å²) >= 11 is 0. The van der Waals surface area contributed by atoms with Crippen LogP contribution in [-0.4, -0.2) is 0 Å². The van der Waals surface area contributed by atoms with Crippen molar-refractivity contribution < 1.29 is 0 Å². The maximum absolute atomic E-state index is 2.64. The van der Waals surface area contributed by atoms with Gasteiger partial charge in [-0.1, -0.05) is 100 Å². The van der Waals surface area contributed by atoms with Crippen LogP contribution in [0.1, 0.15) is 117 Å². The second-order valence-electron chi connectivity index (χ2n) is 26.9. The lowest BCUT2D eigenvalue weighted by atomic mass is 9.78. The molecule has 0 atom stereocenters. The van der Waals surface area contributed by atoms with Gasteiger partial charge in [-0.3, -0.25) is 0 Å². The third-order valence-corrected chi connectivity index (χ3v) is 20.7. The molecule has 0 aromatic heterocycles. The lowest BCUT2D eigenvalue weighted by Gasteiger charge is -2.30. The average Bonchev–Trinajstić information content (AvgIpc) is 1.54. The fourth-order valence-electron chi connectivity index (χ4n) is 14.6. The van der Waals surface area contributed by atoms with Gasteiger partial charge in [-0.15, -0.1) is 0 Å². The van der Waals surface area contributed by atoms with Gasteiger partial charge in [0.1, 0.15) is 0 Å². The van der Waals surface area contributed by atoms with Gasteiger partial charge in [-0.25, -0.2) is 0 Å². The minimum absolute atomic E-state index is 0.351. The first-order valence-electron chi connectivity index (χ1n) is 31.2. The molecule has 3 nitrogen and oxygen atoms in total. The van der Waals surface area contributed by atoms with Crippen molar-refractivity contribution in [1.29, 1.82) is 0 Å². The Morgan fingerprint density at radius 2 is 0.552 bits per heavy atom. The summed E-state index contributed by atoms with van der Waals surface area (Å²) in [5.74, 6) is 0.